The Bertz CT molecular complexity index is 302. The molecule has 0 heterocycles. The van der Waals surface area contributed by atoms with E-state index < -0.39 is 0 Å². The highest BCUT2D eigenvalue weighted by atomic mass is 35.5. The molecule has 0 aliphatic carbocycles. The van der Waals surface area contributed by atoms with Gasteiger partial charge in [-0.15, -0.1) is 0 Å². The molecule has 1 rings (SSSR count). The molecule has 0 unspecified atom stereocenters. The van der Waals surface area contributed by atoms with Gasteiger partial charge in [0.05, 0.1) is 0 Å². The van der Waals surface area contributed by atoms with Gasteiger partial charge in [-0.3, -0.25) is 0 Å². The van der Waals surface area contributed by atoms with E-state index in [9.17, 15) is 0 Å². The molecule has 0 bridgehead atoms. The van der Waals surface area contributed by atoms with Crippen molar-refractivity contribution in [3.63, 3.8) is 0 Å². The maximum Gasteiger partial charge on any atom is 0.0454 e. The van der Waals surface area contributed by atoms with Crippen molar-refractivity contribution in [2.24, 2.45) is 11.5 Å². The van der Waals surface area contributed by atoms with Gasteiger partial charge in [0.15, 0.2) is 0 Å². The van der Waals surface area contributed by atoms with Crippen LogP contribution < -0.4 is 11.5 Å². The molecule has 0 saturated carbocycles. The van der Waals surface area contributed by atoms with Gasteiger partial charge in [-0.05, 0) is 43.1 Å². The van der Waals surface area contributed by atoms with Crippen LogP contribution in [-0.4, -0.2) is 6.54 Å². The van der Waals surface area contributed by atoms with Gasteiger partial charge in [-0.25, -0.2) is 0 Å². The number of rotatable bonds is 4. The lowest BCUT2D eigenvalue weighted by Gasteiger charge is -2.13. The van der Waals surface area contributed by atoms with E-state index in [1.54, 1.807) is 12.1 Å². The molecule has 0 aliphatic heterocycles. The van der Waals surface area contributed by atoms with Crippen LogP contribution in [0.25, 0.3) is 0 Å². The highest BCUT2D eigenvalue weighted by Gasteiger charge is 2.09. The van der Waals surface area contributed by atoms with Gasteiger partial charge in [0.1, 0.15) is 0 Å². The zero-order chi connectivity index (χ0) is 10.6. The first-order valence-corrected chi connectivity index (χ1v) is 5.31. The molecule has 1 atom stereocenters. The van der Waals surface area contributed by atoms with Gasteiger partial charge in [-0.2, -0.15) is 0 Å². The van der Waals surface area contributed by atoms with E-state index in [1.165, 1.54) is 0 Å². The molecule has 2 nitrogen and oxygen atoms in total. The standard InChI is InChI=1S/C10H14Cl2N2/c11-7-3-4-9(12)8(6-7)10(14)2-1-5-13/h3-4,6,10H,1-2,5,13-14H2/t10-/m1/s1. The topological polar surface area (TPSA) is 52.0 Å². The van der Waals surface area contributed by atoms with E-state index in [4.69, 9.17) is 34.7 Å². The summed E-state index contributed by atoms with van der Waals surface area (Å²) < 4.78 is 0. The fourth-order valence-corrected chi connectivity index (χ4v) is 1.73. The minimum Gasteiger partial charge on any atom is -0.330 e. The van der Waals surface area contributed by atoms with E-state index in [0.717, 1.165) is 18.4 Å². The maximum atomic E-state index is 6.00. The van der Waals surface area contributed by atoms with Crippen LogP contribution in [0.15, 0.2) is 18.2 Å². The molecule has 1 aromatic rings. The predicted octanol–water partition coefficient (Wildman–Crippen LogP) is 2.73. The normalized spacial score (nSPS) is 12.9. The second kappa shape index (κ2) is 5.56. The van der Waals surface area contributed by atoms with Crippen LogP contribution in [0.1, 0.15) is 24.4 Å². The summed E-state index contributed by atoms with van der Waals surface area (Å²) in [4.78, 5) is 0. The van der Waals surface area contributed by atoms with Crippen molar-refractivity contribution in [2.45, 2.75) is 18.9 Å². The second-order valence-corrected chi connectivity index (χ2v) is 4.05. The van der Waals surface area contributed by atoms with Crippen molar-refractivity contribution in [3.8, 4) is 0 Å². The first-order valence-electron chi connectivity index (χ1n) is 4.55. The number of nitrogens with two attached hydrogens (primary N) is 2. The third-order valence-corrected chi connectivity index (χ3v) is 2.66. The molecule has 0 amide bonds. The third-order valence-electron chi connectivity index (χ3n) is 2.08. The van der Waals surface area contributed by atoms with Gasteiger partial charge in [0.2, 0.25) is 0 Å². The smallest absolute Gasteiger partial charge is 0.0454 e. The van der Waals surface area contributed by atoms with Crippen LogP contribution in [0.2, 0.25) is 10.0 Å². The molecule has 4 N–H and O–H groups in total. The van der Waals surface area contributed by atoms with Gasteiger partial charge in [-0.1, -0.05) is 23.2 Å². The highest BCUT2D eigenvalue weighted by Crippen LogP contribution is 2.27. The zero-order valence-electron chi connectivity index (χ0n) is 7.84. The Morgan fingerprint density at radius 3 is 2.64 bits per heavy atom. The molecule has 4 heteroatoms. The van der Waals surface area contributed by atoms with Crippen LogP contribution in [-0.2, 0) is 0 Å². The number of hydrogen-bond acceptors (Lipinski definition) is 2. The Labute approximate surface area is 94.2 Å². The molecule has 0 aliphatic rings. The second-order valence-electron chi connectivity index (χ2n) is 3.20. The molecule has 0 saturated heterocycles. The van der Waals surface area contributed by atoms with Gasteiger partial charge >= 0.3 is 0 Å². The first-order chi connectivity index (χ1) is 6.65. The fraction of sp³-hybridized carbons (Fsp3) is 0.400. The molecule has 78 valence electrons. The largest absolute Gasteiger partial charge is 0.330 e. The summed E-state index contributed by atoms with van der Waals surface area (Å²) in [5.41, 5.74) is 12.3. The molecule has 14 heavy (non-hydrogen) atoms. The van der Waals surface area contributed by atoms with Crippen molar-refractivity contribution in [3.05, 3.63) is 33.8 Å². The molecular formula is C10H14Cl2N2. The number of hydrogen-bond donors (Lipinski definition) is 2. The molecule has 0 aromatic heterocycles. The van der Waals surface area contributed by atoms with Gasteiger partial charge in [0, 0.05) is 16.1 Å². The van der Waals surface area contributed by atoms with Crippen LogP contribution in [0.5, 0.6) is 0 Å². The quantitative estimate of drug-likeness (QED) is 0.839. The molecule has 0 fully saturated rings. The van der Waals surface area contributed by atoms with E-state index in [2.05, 4.69) is 0 Å². The lowest BCUT2D eigenvalue weighted by atomic mass is 10.0. The molecular weight excluding hydrogens is 219 g/mol. The van der Waals surface area contributed by atoms with Crippen molar-refractivity contribution >= 4 is 23.2 Å². The van der Waals surface area contributed by atoms with Crippen LogP contribution in [0.4, 0.5) is 0 Å². The minimum absolute atomic E-state index is 0.0789. The van der Waals surface area contributed by atoms with E-state index in [-0.39, 0.29) is 6.04 Å². The Morgan fingerprint density at radius 2 is 2.00 bits per heavy atom. The average molecular weight is 233 g/mol. The average Bonchev–Trinajstić information content (AvgIpc) is 2.18. The van der Waals surface area contributed by atoms with E-state index >= 15 is 0 Å². The zero-order valence-corrected chi connectivity index (χ0v) is 9.35. The summed E-state index contributed by atoms with van der Waals surface area (Å²) in [7, 11) is 0. The first kappa shape index (κ1) is 11.8. The lowest BCUT2D eigenvalue weighted by Crippen LogP contribution is -2.13. The number of benzene rings is 1. The van der Waals surface area contributed by atoms with Crippen molar-refractivity contribution in [1.82, 2.24) is 0 Å². The Morgan fingerprint density at radius 1 is 1.29 bits per heavy atom. The lowest BCUT2D eigenvalue weighted by molar-refractivity contribution is 0.618. The minimum atomic E-state index is -0.0789. The van der Waals surface area contributed by atoms with Crippen molar-refractivity contribution in [1.29, 1.82) is 0 Å². The summed E-state index contributed by atoms with van der Waals surface area (Å²) in [6.45, 7) is 0.645. The number of halogens is 2. The van der Waals surface area contributed by atoms with Gasteiger partial charge < -0.3 is 11.5 Å². The van der Waals surface area contributed by atoms with Crippen molar-refractivity contribution < 1.29 is 0 Å². The maximum absolute atomic E-state index is 6.00. The van der Waals surface area contributed by atoms with Crippen LogP contribution >= 0.6 is 23.2 Å². The summed E-state index contributed by atoms with van der Waals surface area (Å²) in [6, 6.07) is 5.25. The predicted molar refractivity (Wildman–Crippen MR) is 61.7 cm³/mol. The Hall–Kier alpha value is -0.280. The summed E-state index contributed by atoms with van der Waals surface area (Å²) in [5.74, 6) is 0. The SMILES string of the molecule is NCCC[C@@H](N)c1cc(Cl)ccc1Cl. The van der Waals surface area contributed by atoms with E-state index in [0.29, 0.717) is 16.6 Å². The Balaban J connectivity index is 2.77. The molecule has 1 aromatic carbocycles. The summed E-state index contributed by atoms with van der Waals surface area (Å²) in [6.07, 6.45) is 1.72. The Kier molecular flexibility index (Phi) is 4.69. The summed E-state index contributed by atoms with van der Waals surface area (Å²) >= 11 is 11.9. The monoisotopic (exact) mass is 232 g/mol. The van der Waals surface area contributed by atoms with E-state index in [1.807, 2.05) is 6.07 Å². The molecule has 0 spiro atoms. The fourth-order valence-electron chi connectivity index (χ4n) is 1.29. The van der Waals surface area contributed by atoms with Crippen LogP contribution in [0, 0.1) is 0 Å². The van der Waals surface area contributed by atoms with Crippen LogP contribution in [0.3, 0.4) is 0 Å². The highest BCUT2D eigenvalue weighted by molar-refractivity contribution is 6.33. The van der Waals surface area contributed by atoms with Crippen molar-refractivity contribution in [2.75, 3.05) is 6.54 Å². The third kappa shape index (κ3) is 3.14. The summed E-state index contributed by atoms with van der Waals surface area (Å²) in [5, 5.41) is 1.33. The molecule has 0 radical (unpaired) electrons. The van der Waals surface area contributed by atoms with Gasteiger partial charge in [0.25, 0.3) is 0 Å².